The molecule has 0 fully saturated rings. The standard InChI is InChI=1S/C17H15FN2O3/c1-22-11-4-6-15(16(8-11)23-2)19-9-13-12-7-10(18)3-5-14(12)20-17(13)21/h3-9,20-21H,1-2H3. The molecule has 23 heavy (non-hydrogen) atoms. The van der Waals surface area contributed by atoms with Crippen LogP contribution in [0.25, 0.3) is 10.9 Å². The maximum Gasteiger partial charge on any atom is 0.198 e. The molecule has 0 unspecified atom stereocenters. The minimum atomic E-state index is -0.381. The quantitative estimate of drug-likeness (QED) is 0.720. The average Bonchev–Trinajstić information content (AvgIpc) is 2.87. The topological polar surface area (TPSA) is 66.8 Å². The van der Waals surface area contributed by atoms with Crippen LogP contribution in [0.3, 0.4) is 0 Å². The molecule has 2 N–H and O–H groups in total. The zero-order chi connectivity index (χ0) is 16.4. The van der Waals surface area contributed by atoms with Gasteiger partial charge in [-0.05, 0) is 30.3 Å². The number of hydrogen-bond donors (Lipinski definition) is 2. The van der Waals surface area contributed by atoms with Gasteiger partial charge < -0.3 is 19.6 Å². The summed E-state index contributed by atoms with van der Waals surface area (Å²) >= 11 is 0. The second kappa shape index (κ2) is 6.00. The van der Waals surface area contributed by atoms with Gasteiger partial charge in [0.2, 0.25) is 0 Å². The predicted molar refractivity (Wildman–Crippen MR) is 86.7 cm³/mol. The van der Waals surface area contributed by atoms with Crippen molar-refractivity contribution in [3.63, 3.8) is 0 Å². The summed E-state index contributed by atoms with van der Waals surface area (Å²) in [7, 11) is 3.10. The fourth-order valence-corrected chi connectivity index (χ4v) is 2.33. The minimum Gasteiger partial charge on any atom is -0.497 e. The lowest BCUT2D eigenvalue weighted by Crippen LogP contribution is -1.87. The number of halogens is 1. The SMILES string of the molecule is COc1ccc(N=Cc2c(O)[nH]c3ccc(F)cc23)c(OC)c1. The van der Waals surface area contributed by atoms with Gasteiger partial charge in [-0.15, -0.1) is 0 Å². The summed E-state index contributed by atoms with van der Waals surface area (Å²) in [6, 6.07) is 9.44. The summed E-state index contributed by atoms with van der Waals surface area (Å²) in [6.45, 7) is 0. The van der Waals surface area contributed by atoms with Crippen LogP contribution >= 0.6 is 0 Å². The summed E-state index contributed by atoms with van der Waals surface area (Å²) in [5.41, 5.74) is 1.61. The molecule has 5 nitrogen and oxygen atoms in total. The number of benzene rings is 2. The Morgan fingerprint density at radius 1 is 1.13 bits per heavy atom. The molecule has 6 heteroatoms. The van der Waals surface area contributed by atoms with Gasteiger partial charge in [0.25, 0.3) is 0 Å². The van der Waals surface area contributed by atoms with Gasteiger partial charge in [-0.25, -0.2) is 4.39 Å². The smallest absolute Gasteiger partial charge is 0.198 e. The average molecular weight is 314 g/mol. The van der Waals surface area contributed by atoms with E-state index in [1.165, 1.54) is 25.5 Å². The number of rotatable bonds is 4. The molecule has 0 aliphatic carbocycles. The first-order valence-electron chi connectivity index (χ1n) is 6.88. The molecule has 0 bridgehead atoms. The van der Waals surface area contributed by atoms with Crippen molar-refractivity contribution in [3.05, 3.63) is 47.8 Å². The van der Waals surface area contributed by atoms with E-state index in [1.54, 1.807) is 31.4 Å². The monoisotopic (exact) mass is 314 g/mol. The maximum atomic E-state index is 13.4. The molecule has 3 rings (SSSR count). The Hall–Kier alpha value is -3.02. The van der Waals surface area contributed by atoms with Gasteiger partial charge in [0.15, 0.2) is 5.88 Å². The van der Waals surface area contributed by atoms with Crippen LogP contribution in [0.2, 0.25) is 0 Å². The third-order valence-corrected chi connectivity index (χ3v) is 3.50. The molecular formula is C17H15FN2O3. The molecule has 0 atom stereocenters. The van der Waals surface area contributed by atoms with Gasteiger partial charge in [0.05, 0.1) is 19.8 Å². The summed E-state index contributed by atoms with van der Waals surface area (Å²) in [4.78, 5) is 7.11. The largest absolute Gasteiger partial charge is 0.497 e. The number of nitrogens with one attached hydrogen (secondary N) is 1. The van der Waals surface area contributed by atoms with Gasteiger partial charge in [0, 0.05) is 23.2 Å². The van der Waals surface area contributed by atoms with E-state index in [2.05, 4.69) is 9.98 Å². The highest BCUT2D eigenvalue weighted by Crippen LogP contribution is 2.32. The second-order valence-corrected chi connectivity index (χ2v) is 4.87. The van der Waals surface area contributed by atoms with Crippen LogP contribution < -0.4 is 9.47 Å². The Kier molecular flexibility index (Phi) is 3.89. The third-order valence-electron chi connectivity index (χ3n) is 3.50. The van der Waals surface area contributed by atoms with Crippen LogP contribution in [0.15, 0.2) is 41.4 Å². The lowest BCUT2D eigenvalue weighted by molar-refractivity contribution is 0.395. The van der Waals surface area contributed by atoms with Gasteiger partial charge in [-0.1, -0.05) is 0 Å². The van der Waals surface area contributed by atoms with Crippen molar-refractivity contribution in [2.75, 3.05) is 14.2 Å². The molecule has 3 aromatic rings. The fourth-order valence-electron chi connectivity index (χ4n) is 2.33. The summed E-state index contributed by atoms with van der Waals surface area (Å²) < 4.78 is 23.8. The predicted octanol–water partition coefficient (Wildman–Crippen LogP) is 3.78. The van der Waals surface area contributed by atoms with Gasteiger partial charge in [0.1, 0.15) is 23.0 Å². The molecule has 118 valence electrons. The molecule has 2 aromatic carbocycles. The Morgan fingerprint density at radius 2 is 1.96 bits per heavy atom. The number of ether oxygens (including phenoxy) is 2. The first kappa shape index (κ1) is 14.9. The molecule has 0 saturated carbocycles. The van der Waals surface area contributed by atoms with Crippen molar-refractivity contribution in [1.82, 2.24) is 4.98 Å². The first-order valence-corrected chi connectivity index (χ1v) is 6.88. The maximum absolute atomic E-state index is 13.4. The van der Waals surface area contributed by atoms with Crippen LogP contribution in [0.1, 0.15) is 5.56 Å². The number of fused-ring (bicyclic) bond motifs is 1. The molecule has 0 saturated heterocycles. The number of methoxy groups -OCH3 is 2. The normalized spacial score (nSPS) is 11.3. The molecule has 1 aromatic heterocycles. The zero-order valence-electron chi connectivity index (χ0n) is 12.6. The highest BCUT2D eigenvalue weighted by atomic mass is 19.1. The minimum absolute atomic E-state index is 0.0678. The molecule has 1 heterocycles. The van der Waals surface area contributed by atoms with E-state index in [-0.39, 0.29) is 11.7 Å². The van der Waals surface area contributed by atoms with Crippen molar-refractivity contribution in [2.24, 2.45) is 4.99 Å². The van der Waals surface area contributed by atoms with Crippen LogP contribution in [-0.2, 0) is 0 Å². The molecule has 0 aliphatic rings. The van der Waals surface area contributed by atoms with Gasteiger partial charge in [-0.3, -0.25) is 4.99 Å². The Bertz CT molecular complexity index is 887. The van der Waals surface area contributed by atoms with E-state index in [0.29, 0.717) is 33.7 Å². The van der Waals surface area contributed by atoms with E-state index in [1.807, 2.05) is 0 Å². The number of aromatic nitrogens is 1. The number of aromatic hydroxyl groups is 1. The van der Waals surface area contributed by atoms with E-state index >= 15 is 0 Å². The number of nitrogens with zero attached hydrogens (tertiary/aromatic N) is 1. The fraction of sp³-hybridized carbons (Fsp3) is 0.118. The Balaban J connectivity index is 2.03. The van der Waals surface area contributed by atoms with E-state index in [0.717, 1.165) is 0 Å². The molecule has 0 spiro atoms. The summed E-state index contributed by atoms with van der Waals surface area (Å²) in [5, 5.41) is 10.5. The Labute approximate surface area is 132 Å². The van der Waals surface area contributed by atoms with Crippen molar-refractivity contribution in [2.45, 2.75) is 0 Å². The summed E-state index contributed by atoms with van der Waals surface area (Å²) in [5.74, 6) is 0.735. The molecule has 0 amide bonds. The summed E-state index contributed by atoms with van der Waals surface area (Å²) in [6.07, 6.45) is 1.47. The lowest BCUT2D eigenvalue weighted by Gasteiger charge is -2.06. The van der Waals surface area contributed by atoms with E-state index in [9.17, 15) is 9.50 Å². The first-order chi connectivity index (χ1) is 11.1. The molecular weight excluding hydrogens is 299 g/mol. The number of H-pyrrole nitrogens is 1. The second-order valence-electron chi connectivity index (χ2n) is 4.87. The van der Waals surface area contributed by atoms with Crippen LogP contribution in [0.4, 0.5) is 10.1 Å². The number of hydrogen-bond acceptors (Lipinski definition) is 4. The highest BCUT2D eigenvalue weighted by Gasteiger charge is 2.10. The molecule has 0 aliphatic heterocycles. The van der Waals surface area contributed by atoms with Crippen molar-refractivity contribution in [3.8, 4) is 17.4 Å². The Morgan fingerprint density at radius 3 is 2.70 bits per heavy atom. The van der Waals surface area contributed by atoms with Crippen molar-refractivity contribution < 1.29 is 19.0 Å². The highest BCUT2D eigenvalue weighted by molar-refractivity contribution is 6.02. The van der Waals surface area contributed by atoms with Crippen LogP contribution in [0, 0.1) is 5.82 Å². The van der Waals surface area contributed by atoms with Crippen molar-refractivity contribution >= 4 is 22.8 Å². The van der Waals surface area contributed by atoms with E-state index in [4.69, 9.17) is 9.47 Å². The van der Waals surface area contributed by atoms with Crippen molar-refractivity contribution in [1.29, 1.82) is 0 Å². The molecule has 0 radical (unpaired) electrons. The number of aromatic amines is 1. The van der Waals surface area contributed by atoms with Gasteiger partial charge >= 0.3 is 0 Å². The van der Waals surface area contributed by atoms with Gasteiger partial charge in [-0.2, -0.15) is 0 Å². The lowest BCUT2D eigenvalue weighted by atomic mass is 10.2. The van der Waals surface area contributed by atoms with Crippen LogP contribution in [-0.4, -0.2) is 30.5 Å². The van der Waals surface area contributed by atoms with Crippen LogP contribution in [0.5, 0.6) is 17.4 Å². The van der Waals surface area contributed by atoms with E-state index < -0.39 is 0 Å². The number of aliphatic imine (C=N–C) groups is 1. The zero-order valence-corrected chi connectivity index (χ0v) is 12.6. The third kappa shape index (κ3) is 2.83.